The molecular formula is C13H14KN3O3S. The van der Waals surface area contributed by atoms with Crippen molar-refractivity contribution < 1.29 is 64.5 Å². The van der Waals surface area contributed by atoms with Gasteiger partial charge in [-0.1, -0.05) is 17.7 Å². The second-order valence-electron chi connectivity index (χ2n) is 4.23. The van der Waals surface area contributed by atoms with E-state index in [-0.39, 0.29) is 68.1 Å². The van der Waals surface area contributed by atoms with Gasteiger partial charge in [-0.25, -0.2) is 8.42 Å². The van der Waals surface area contributed by atoms with Gasteiger partial charge in [0.05, 0.1) is 12.0 Å². The van der Waals surface area contributed by atoms with Crippen LogP contribution in [0.15, 0.2) is 35.2 Å². The predicted molar refractivity (Wildman–Crippen MR) is 74.7 cm³/mol. The largest absolute Gasteiger partial charge is 1.00 e. The van der Waals surface area contributed by atoms with E-state index in [0.29, 0.717) is 5.69 Å². The number of rotatable bonds is 4. The van der Waals surface area contributed by atoms with E-state index in [9.17, 15) is 8.42 Å². The maximum absolute atomic E-state index is 12.1. The summed E-state index contributed by atoms with van der Waals surface area (Å²) in [7, 11) is -2.38. The van der Waals surface area contributed by atoms with Crippen LogP contribution in [0.5, 0.6) is 5.88 Å². The molecule has 0 aliphatic rings. The molecule has 0 aliphatic carbocycles. The van der Waals surface area contributed by atoms with E-state index in [1.807, 2.05) is 6.92 Å². The van der Waals surface area contributed by atoms with Gasteiger partial charge in [0.25, 0.3) is 0 Å². The second-order valence-corrected chi connectivity index (χ2v) is 5.84. The first-order chi connectivity index (χ1) is 9.40. The monoisotopic (exact) mass is 331 g/mol. The smallest absolute Gasteiger partial charge is 0.493 e. The number of methoxy groups -OCH3 is 1. The van der Waals surface area contributed by atoms with E-state index >= 15 is 0 Å². The summed E-state index contributed by atoms with van der Waals surface area (Å²) >= 11 is 0. The minimum atomic E-state index is -3.83. The number of sulfonamides is 1. The van der Waals surface area contributed by atoms with Gasteiger partial charge in [-0.2, -0.15) is 0 Å². The molecule has 2 aromatic rings. The Hall–Kier alpha value is -0.514. The summed E-state index contributed by atoms with van der Waals surface area (Å²) in [4.78, 5) is 7.98. The van der Waals surface area contributed by atoms with Crippen LogP contribution < -0.4 is 56.1 Å². The van der Waals surface area contributed by atoms with Crippen molar-refractivity contribution in [2.24, 2.45) is 0 Å². The molecule has 2 rings (SSSR count). The third kappa shape index (κ3) is 5.01. The molecule has 0 aliphatic heterocycles. The van der Waals surface area contributed by atoms with Crippen molar-refractivity contribution in [2.45, 2.75) is 18.7 Å². The van der Waals surface area contributed by atoms with Gasteiger partial charge in [0, 0.05) is 5.95 Å². The number of ether oxygens (including phenoxy) is 1. The number of aryl methyl sites for hydroxylation is 2. The van der Waals surface area contributed by atoms with Crippen LogP contribution >= 0.6 is 0 Å². The second kappa shape index (κ2) is 7.66. The summed E-state index contributed by atoms with van der Waals surface area (Å²) in [5, 5.41) is 0. The fraction of sp³-hybridized carbons (Fsp3) is 0.231. The van der Waals surface area contributed by atoms with Gasteiger partial charge < -0.3 is 14.7 Å². The summed E-state index contributed by atoms with van der Waals surface area (Å²) in [6.07, 6.45) is 0. The molecular weight excluding hydrogens is 317 g/mol. The van der Waals surface area contributed by atoms with Crippen LogP contribution in [0, 0.1) is 13.8 Å². The van der Waals surface area contributed by atoms with E-state index in [1.165, 1.54) is 19.2 Å². The molecule has 0 unspecified atom stereocenters. The SMILES string of the molecule is COc1cc(C)nc([N-]S(=O)(=O)c2ccc(C)cc2)n1.[K+]. The van der Waals surface area contributed by atoms with Gasteiger partial charge in [-0.15, -0.1) is 0 Å². The molecule has 0 amide bonds. The van der Waals surface area contributed by atoms with Crippen LogP contribution in [-0.2, 0) is 10.0 Å². The van der Waals surface area contributed by atoms with Gasteiger partial charge in [0.2, 0.25) is 10.0 Å². The molecule has 0 spiro atoms. The third-order valence-electron chi connectivity index (χ3n) is 2.55. The zero-order chi connectivity index (χ0) is 14.8. The van der Waals surface area contributed by atoms with Gasteiger partial charge >= 0.3 is 51.4 Å². The van der Waals surface area contributed by atoms with Crippen LogP contribution in [-0.4, -0.2) is 25.5 Å². The Balaban J connectivity index is 0.00000220. The standard InChI is InChI=1S/C13H14N3O3S.K/c1-9-4-6-11(7-5-9)20(17,18)16-13-14-10(2)8-12(15-13)19-3;/h4-8H,1-3H3;/q-1;+1. The minimum absolute atomic E-state index is 0. The van der Waals surface area contributed by atoms with Crippen molar-refractivity contribution in [3.05, 3.63) is 46.3 Å². The Bertz CT molecular complexity index is 718. The molecule has 1 heterocycles. The summed E-state index contributed by atoms with van der Waals surface area (Å²) in [6, 6.07) is 8.01. The van der Waals surface area contributed by atoms with Crippen molar-refractivity contribution in [3.8, 4) is 5.88 Å². The van der Waals surface area contributed by atoms with E-state index in [0.717, 1.165) is 5.56 Å². The quantitative estimate of drug-likeness (QED) is 0.705. The normalized spacial score (nSPS) is 10.6. The van der Waals surface area contributed by atoms with Crippen molar-refractivity contribution in [1.82, 2.24) is 9.97 Å². The molecule has 1 aromatic carbocycles. The van der Waals surface area contributed by atoms with E-state index < -0.39 is 10.0 Å². The summed E-state index contributed by atoms with van der Waals surface area (Å²) in [5.41, 5.74) is 1.55. The predicted octanol–water partition coefficient (Wildman–Crippen LogP) is -0.500. The molecule has 0 bridgehead atoms. The molecule has 6 nitrogen and oxygen atoms in total. The van der Waals surface area contributed by atoms with E-state index in [1.54, 1.807) is 25.1 Å². The van der Waals surface area contributed by atoms with Gasteiger partial charge in [-0.05, 0) is 37.7 Å². The van der Waals surface area contributed by atoms with Crippen molar-refractivity contribution in [2.75, 3.05) is 7.11 Å². The van der Waals surface area contributed by atoms with Crippen LogP contribution in [0.4, 0.5) is 5.95 Å². The van der Waals surface area contributed by atoms with Gasteiger partial charge in [0.1, 0.15) is 5.88 Å². The van der Waals surface area contributed by atoms with Crippen molar-refractivity contribution >= 4 is 16.0 Å². The van der Waals surface area contributed by atoms with Crippen molar-refractivity contribution in [3.63, 3.8) is 0 Å². The number of aromatic nitrogens is 2. The molecule has 21 heavy (non-hydrogen) atoms. The van der Waals surface area contributed by atoms with Gasteiger partial charge in [0.15, 0.2) is 0 Å². The Kier molecular flexibility index (Phi) is 6.76. The fourth-order valence-corrected chi connectivity index (χ4v) is 2.42. The summed E-state index contributed by atoms with van der Waals surface area (Å²) in [6.45, 7) is 3.59. The maximum Gasteiger partial charge on any atom is 1.00 e. The molecule has 0 atom stereocenters. The molecule has 0 fully saturated rings. The Morgan fingerprint density at radius 1 is 1.10 bits per heavy atom. The molecule has 0 saturated heterocycles. The van der Waals surface area contributed by atoms with E-state index in [2.05, 4.69) is 14.7 Å². The number of hydrogen-bond acceptors (Lipinski definition) is 5. The molecule has 0 N–H and O–H groups in total. The Morgan fingerprint density at radius 2 is 1.71 bits per heavy atom. The first-order valence-corrected chi connectivity index (χ1v) is 7.29. The van der Waals surface area contributed by atoms with Crippen LogP contribution in [0.2, 0.25) is 0 Å². The summed E-state index contributed by atoms with van der Waals surface area (Å²) < 4.78 is 32.9. The zero-order valence-corrected chi connectivity index (χ0v) is 16.3. The number of hydrogen-bond donors (Lipinski definition) is 0. The van der Waals surface area contributed by atoms with Crippen LogP contribution in [0.1, 0.15) is 11.3 Å². The van der Waals surface area contributed by atoms with Crippen LogP contribution in [0.25, 0.3) is 4.72 Å². The topological polar surface area (TPSA) is 83.2 Å². The van der Waals surface area contributed by atoms with Crippen molar-refractivity contribution in [1.29, 1.82) is 0 Å². The van der Waals surface area contributed by atoms with Gasteiger partial charge in [-0.3, -0.25) is 4.72 Å². The van der Waals surface area contributed by atoms with E-state index in [4.69, 9.17) is 4.74 Å². The average molecular weight is 331 g/mol. The molecule has 0 saturated carbocycles. The third-order valence-corrected chi connectivity index (χ3v) is 3.82. The molecule has 0 radical (unpaired) electrons. The number of nitrogens with zero attached hydrogens (tertiary/aromatic N) is 3. The minimum Gasteiger partial charge on any atom is -0.493 e. The number of benzene rings is 1. The molecule has 1 aromatic heterocycles. The first-order valence-electron chi connectivity index (χ1n) is 5.85. The Morgan fingerprint density at radius 3 is 2.29 bits per heavy atom. The molecule has 8 heteroatoms. The first kappa shape index (κ1) is 18.5. The summed E-state index contributed by atoms with van der Waals surface area (Å²) in [5.74, 6) is 0.137. The van der Waals surface area contributed by atoms with Crippen LogP contribution in [0.3, 0.4) is 0 Å². The molecule has 106 valence electrons. The Labute approximate surface area is 166 Å². The average Bonchev–Trinajstić information content (AvgIpc) is 2.37. The fourth-order valence-electron chi connectivity index (χ4n) is 1.54. The maximum atomic E-state index is 12.1. The zero-order valence-electron chi connectivity index (χ0n) is 12.4.